The Labute approximate surface area is 65.7 Å². The highest BCUT2D eigenvalue weighted by Gasteiger charge is 1.96. The Balaban J connectivity index is 0.000000461. The maximum Gasteiger partial charge on any atom is 0.151 e. The SMILES string of the molecule is C=Cc1occc1N=C.CO. The number of furan rings is 1. The molecular formula is C8H11NO2. The van der Waals surface area contributed by atoms with Crippen molar-refractivity contribution in [3.63, 3.8) is 0 Å². The second-order valence-electron chi connectivity index (χ2n) is 1.53. The minimum atomic E-state index is 0.671. The van der Waals surface area contributed by atoms with E-state index < -0.39 is 0 Å². The van der Waals surface area contributed by atoms with Crippen LogP contribution in [0.4, 0.5) is 5.69 Å². The fourth-order valence-electron chi connectivity index (χ4n) is 0.598. The molecule has 0 saturated heterocycles. The van der Waals surface area contributed by atoms with Crippen molar-refractivity contribution in [3.8, 4) is 0 Å². The number of aliphatic hydroxyl groups excluding tert-OH is 1. The zero-order chi connectivity index (χ0) is 8.69. The molecule has 0 amide bonds. The van der Waals surface area contributed by atoms with Crippen LogP contribution in [-0.4, -0.2) is 18.9 Å². The van der Waals surface area contributed by atoms with Crippen molar-refractivity contribution < 1.29 is 9.52 Å². The summed E-state index contributed by atoms with van der Waals surface area (Å²) in [5.41, 5.74) is 0.741. The zero-order valence-corrected chi connectivity index (χ0v) is 6.45. The molecule has 0 atom stereocenters. The molecule has 0 aromatic carbocycles. The van der Waals surface area contributed by atoms with Crippen LogP contribution in [0.15, 0.2) is 28.3 Å². The molecule has 11 heavy (non-hydrogen) atoms. The molecule has 1 aromatic rings. The Morgan fingerprint density at radius 1 is 1.64 bits per heavy atom. The first-order chi connectivity index (χ1) is 5.38. The number of aliphatic hydroxyl groups is 1. The molecule has 0 spiro atoms. The molecule has 0 saturated carbocycles. The van der Waals surface area contributed by atoms with Crippen molar-refractivity contribution in [2.45, 2.75) is 0 Å². The molecule has 0 aliphatic carbocycles. The highest BCUT2D eigenvalue weighted by atomic mass is 16.3. The molecule has 0 unspecified atom stereocenters. The summed E-state index contributed by atoms with van der Waals surface area (Å²) in [4.78, 5) is 3.69. The van der Waals surface area contributed by atoms with Gasteiger partial charge in [0.25, 0.3) is 0 Å². The van der Waals surface area contributed by atoms with Crippen LogP contribution >= 0.6 is 0 Å². The minimum Gasteiger partial charge on any atom is -0.463 e. The van der Waals surface area contributed by atoms with Crippen molar-refractivity contribution in [1.82, 2.24) is 0 Å². The largest absolute Gasteiger partial charge is 0.463 e. The summed E-state index contributed by atoms with van der Waals surface area (Å²) in [6, 6.07) is 1.74. The van der Waals surface area contributed by atoms with Crippen LogP contribution in [0.5, 0.6) is 0 Å². The average Bonchev–Trinajstić information content (AvgIpc) is 2.54. The molecule has 0 aliphatic heterocycles. The van der Waals surface area contributed by atoms with Gasteiger partial charge in [-0.2, -0.15) is 0 Å². The lowest BCUT2D eigenvalue weighted by Gasteiger charge is -1.83. The van der Waals surface area contributed by atoms with Gasteiger partial charge in [0.2, 0.25) is 0 Å². The third-order valence-electron chi connectivity index (χ3n) is 1.03. The molecule has 0 aliphatic rings. The first-order valence-electron chi connectivity index (χ1n) is 3.00. The molecule has 1 aromatic heterocycles. The lowest BCUT2D eigenvalue weighted by molar-refractivity contribution is 0.399. The van der Waals surface area contributed by atoms with Crippen LogP contribution in [-0.2, 0) is 0 Å². The van der Waals surface area contributed by atoms with Crippen molar-refractivity contribution in [2.75, 3.05) is 7.11 Å². The van der Waals surface area contributed by atoms with Gasteiger partial charge < -0.3 is 9.52 Å². The second-order valence-corrected chi connectivity index (χ2v) is 1.53. The maximum atomic E-state index is 7.00. The summed E-state index contributed by atoms with van der Waals surface area (Å²) in [6.45, 7) is 6.88. The number of aliphatic imine (C=N–C) groups is 1. The van der Waals surface area contributed by atoms with Crippen LogP contribution in [0.3, 0.4) is 0 Å². The zero-order valence-electron chi connectivity index (χ0n) is 6.45. The van der Waals surface area contributed by atoms with Crippen LogP contribution in [0.1, 0.15) is 5.76 Å². The van der Waals surface area contributed by atoms with E-state index in [2.05, 4.69) is 18.3 Å². The maximum absolute atomic E-state index is 7.00. The van der Waals surface area contributed by atoms with Crippen LogP contribution < -0.4 is 0 Å². The summed E-state index contributed by atoms with van der Waals surface area (Å²) in [7, 11) is 1.00. The van der Waals surface area contributed by atoms with E-state index in [0.29, 0.717) is 5.76 Å². The van der Waals surface area contributed by atoms with E-state index in [-0.39, 0.29) is 0 Å². The summed E-state index contributed by atoms with van der Waals surface area (Å²) >= 11 is 0. The van der Waals surface area contributed by atoms with Crippen molar-refractivity contribution in [1.29, 1.82) is 0 Å². The molecule has 0 fully saturated rings. The topological polar surface area (TPSA) is 45.7 Å². The van der Waals surface area contributed by atoms with Gasteiger partial charge in [-0.05, 0) is 12.8 Å². The monoisotopic (exact) mass is 153 g/mol. The number of hydrogen-bond donors (Lipinski definition) is 1. The van der Waals surface area contributed by atoms with Gasteiger partial charge in [0.05, 0.1) is 6.26 Å². The number of rotatable bonds is 2. The highest BCUT2D eigenvalue weighted by molar-refractivity contribution is 5.59. The summed E-state index contributed by atoms with van der Waals surface area (Å²) in [5, 5.41) is 7.00. The molecule has 1 rings (SSSR count). The third kappa shape index (κ3) is 2.39. The Morgan fingerprint density at radius 3 is 2.64 bits per heavy atom. The Morgan fingerprint density at radius 2 is 2.27 bits per heavy atom. The van der Waals surface area contributed by atoms with E-state index >= 15 is 0 Å². The number of nitrogens with zero attached hydrogens (tertiary/aromatic N) is 1. The average molecular weight is 153 g/mol. The van der Waals surface area contributed by atoms with Gasteiger partial charge in [-0.25, -0.2) is 0 Å². The van der Waals surface area contributed by atoms with E-state index in [1.807, 2.05) is 0 Å². The molecule has 3 heteroatoms. The summed E-state index contributed by atoms with van der Waals surface area (Å²) in [5.74, 6) is 0.671. The quantitative estimate of drug-likeness (QED) is 0.659. The standard InChI is InChI=1S/C7H7NO.CH4O/c1-3-7-6(8-2)4-5-9-7;1-2/h3-5H,1-2H2;2H,1H3. The first-order valence-corrected chi connectivity index (χ1v) is 3.00. The van der Waals surface area contributed by atoms with Gasteiger partial charge in [0.1, 0.15) is 5.69 Å². The summed E-state index contributed by atoms with van der Waals surface area (Å²) < 4.78 is 4.95. The van der Waals surface area contributed by atoms with Crippen LogP contribution in [0.2, 0.25) is 0 Å². The summed E-state index contributed by atoms with van der Waals surface area (Å²) in [6.07, 6.45) is 3.16. The normalized spacial score (nSPS) is 7.82. The Kier molecular flexibility index (Phi) is 4.77. The fourth-order valence-corrected chi connectivity index (χ4v) is 0.598. The van der Waals surface area contributed by atoms with E-state index in [4.69, 9.17) is 9.52 Å². The van der Waals surface area contributed by atoms with Crippen LogP contribution in [0, 0.1) is 0 Å². The fraction of sp³-hybridized carbons (Fsp3) is 0.125. The predicted molar refractivity (Wildman–Crippen MR) is 46.2 cm³/mol. The molecule has 1 heterocycles. The lowest BCUT2D eigenvalue weighted by Crippen LogP contribution is -1.59. The van der Waals surface area contributed by atoms with Crippen molar-refractivity contribution in [2.24, 2.45) is 4.99 Å². The molecule has 0 bridgehead atoms. The molecule has 3 nitrogen and oxygen atoms in total. The Hall–Kier alpha value is -1.35. The Bertz CT molecular complexity index is 205. The van der Waals surface area contributed by atoms with Gasteiger partial charge in [-0.15, -0.1) is 0 Å². The number of hydrogen-bond acceptors (Lipinski definition) is 3. The van der Waals surface area contributed by atoms with E-state index in [0.717, 1.165) is 12.8 Å². The van der Waals surface area contributed by atoms with Gasteiger partial charge in [0, 0.05) is 13.2 Å². The van der Waals surface area contributed by atoms with Crippen molar-refractivity contribution in [3.05, 3.63) is 24.7 Å². The smallest absolute Gasteiger partial charge is 0.151 e. The van der Waals surface area contributed by atoms with Gasteiger partial charge >= 0.3 is 0 Å². The van der Waals surface area contributed by atoms with E-state index in [9.17, 15) is 0 Å². The van der Waals surface area contributed by atoms with E-state index in [1.165, 1.54) is 0 Å². The lowest BCUT2D eigenvalue weighted by atomic mass is 10.4. The van der Waals surface area contributed by atoms with Gasteiger partial charge in [0.15, 0.2) is 5.76 Å². The van der Waals surface area contributed by atoms with Crippen molar-refractivity contribution >= 4 is 18.5 Å². The van der Waals surface area contributed by atoms with Gasteiger partial charge in [-0.3, -0.25) is 4.99 Å². The minimum absolute atomic E-state index is 0.671. The molecule has 1 N–H and O–H groups in total. The third-order valence-corrected chi connectivity index (χ3v) is 1.03. The van der Waals surface area contributed by atoms with Gasteiger partial charge in [-0.1, -0.05) is 6.58 Å². The molecule has 60 valence electrons. The second kappa shape index (κ2) is 5.44. The highest BCUT2D eigenvalue weighted by Crippen LogP contribution is 2.19. The molecule has 0 radical (unpaired) electrons. The van der Waals surface area contributed by atoms with Crippen LogP contribution in [0.25, 0.3) is 6.08 Å². The first kappa shape index (κ1) is 9.65. The molecular weight excluding hydrogens is 142 g/mol. The predicted octanol–water partition coefficient (Wildman–Crippen LogP) is 1.86. The van der Waals surface area contributed by atoms with E-state index in [1.54, 1.807) is 18.4 Å².